The van der Waals surface area contributed by atoms with E-state index in [1.165, 1.54) is 18.3 Å². The van der Waals surface area contributed by atoms with Gasteiger partial charge in [0.1, 0.15) is 0 Å². The highest BCUT2D eigenvalue weighted by atomic mass is 32.2. The van der Waals surface area contributed by atoms with Gasteiger partial charge in [0.2, 0.25) is 21.9 Å². The molecule has 1 amide bonds. The van der Waals surface area contributed by atoms with E-state index >= 15 is 0 Å². The third kappa shape index (κ3) is 5.21. The molecule has 0 bridgehead atoms. The zero-order valence-corrected chi connectivity index (χ0v) is 18.8. The summed E-state index contributed by atoms with van der Waals surface area (Å²) in [5.74, 6) is 1.13. The van der Waals surface area contributed by atoms with Gasteiger partial charge in [0, 0.05) is 24.5 Å². The third-order valence-electron chi connectivity index (χ3n) is 5.04. The van der Waals surface area contributed by atoms with Crippen molar-refractivity contribution < 1.29 is 17.9 Å². The van der Waals surface area contributed by atoms with Crippen LogP contribution in [0.2, 0.25) is 0 Å². The van der Waals surface area contributed by atoms with E-state index in [1.807, 2.05) is 42.2 Å². The fourth-order valence-corrected chi connectivity index (χ4v) is 4.08. The maximum absolute atomic E-state index is 12.9. The minimum absolute atomic E-state index is 0.0266. The lowest BCUT2D eigenvalue weighted by molar-refractivity contribution is -0.117. The van der Waals surface area contributed by atoms with Crippen molar-refractivity contribution in [3.8, 4) is 5.75 Å². The molecule has 33 heavy (non-hydrogen) atoms. The van der Waals surface area contributed by atoms with Gasteiger partial charge < -0.3 is 19.9 Å². The van der Waals surface area contributed by atoms with E-state index in [9.17, 15) is 13.2 Å². The number of piperazine rings is 1. The van der Waals surface area contributed by atoms with Crippen LogP contribution < -0.4 is 25.0 Å². The topological polar surface area (TPSA) is 131 Å². The van der Waals surface area contributed by atoms with Crippen molar-refractivity contribution in [1.82, 2.24) is 9.97 Å². The molecule has 11 heteroatoms. The molecule has 3 N–H and O–H groups in total. The molecule has 1 aromatic heterocycles. The molecular weight excluding hydrogens is 444 g/mol. The van der Waals surface area contributed by atoms with Crippen LogP contribution in [0.5, 0.6) is 5.75 Å². The van der Waals surface area contributed by atoms with Crippen molar-refractivity contribution in [2.24, 2.45) is 5.14 Å². The first-order valence-electron chi connectivity index (χ1n) is 10.3. The summed E-state index contributed by atoms with van der Waals surface area (Å²) >= 11 is 0. The number of nitrogens with two attached hydrogens (primary N) is 1. The number of nitrogens with zero attached hydrogens (tertiary/aromatic N) is 4. The summed E-state index contributed by atoms with van der Waals surface area (Å²) in [5, 5.41) is 8.21. The molecule has 0 atom stereocenters. The zero-order valence-electron chi connectivity index (χ0n) is 18.0. The SMILES string of the molecule is CCOc1cnc(Nc2cccc(S(N)(=O)=O)c2)nc1N1CCN(c2ccccc2)C(=O)C1. The number of nitrogens with one attached hydrogen (secondary N) is 1. The number of ether oxygens (including phenoxy) is 1. The van der Waals surface area contributed by atoms with Crippen LogP contribution in [0, 0.1) is 0 Å². The van der Waals surface area contributed by atoms with E-state index in [-0.39, 0.29) is 23.3 Å². The zero-order chi connectivity index (χ0) is 23.4. The van der Waals surface area contributed by atoms with Crippen molar-refractivity contribution >= 4 is 39.1 Å². The lowest BCUT2D eigenvalue weighted by Gasteiger charge is -2.35. The number of carbonyl (C=O) groups is 1. The van der Waals surface area contributed by atoms with Gasteiger partial charge in [0.15, 0.2) is 11.6 Å². The molecule has 172 valence electrons. The molecule has 4 rings (SSSR count). The van der Waals surface area contributed by atoms with Gasteiger partial charge in [-0.2, -0.15) is 4.98 Å². The molecule has 0 unspecified atom stereocenters. The number of hydrogen-bond donors (Lipinski definition) is 2. The second kappa shape index (κ2) is 9.43. The number of primary sulfonamides is 1. The van der Waals surface area contributed by atoms with Crippen LogP contribution in [0.1, 0.15) is 6.92 Å². The first-order chi connectivity index (χ1) is 15.8. The second-order valence-corrected chi connectivity index (χ2v) is 8.88. The summed E-state index contributed by atoms with van der Waals surface area (Å²) in [7, 11) is -3.84. The number of anilines is 4. The Morgan fingerprint density at radius 3 is 2.61 bits per heavy atom. The third-order valence-corrected chi connectivity index (χ3v) is 5.95. The molecule has 10 nitrogen and oxygen atoms in total. The molecule has 0 radical (unpaired) electrons. The Kier molecular flexibility index (Phi) is 6.43. The van der Waals surface area contributed by atoms with Crippen LogP contribution in [0.3, 0.4) is 0 Å². The summed E-state index contributed by atoms with van der Waals surface area (Å²) in [6, 6.07) is 15.6. The molecular formula is C22H24N6O4S. The molecule has 1 aliphatic rings. The minimum Gasteiger partial charge on any atom is -0.488 e. The Balaban J connectivity index is 1.58. The predicted octanol–water partition coefficient (Wildman–Crippen LogP) is 2.12. The monoisotopic (exact) mass is 468 g/mol. The van der Waals surface area contributed by atoms with E-state index in [0.717, 1.165) is 5.69 Å². The van der Waals surface area contributed by atoms with Crippen LogP contribution in [0.25, 0.3) is 0 Å². The van der Waals surface area contributed by atoms with Gasteiger partial charge in [-0.25, -0.2) is 18.5 Å². The lowest BCUT2D eigenvalue weighted by Crippen LogP contribution is -2.51. The average molecular weight is 469 g/mol. The number of para-hydroxylation sites is 1. The quantitative estimate of drug-likeness (QED) is 0.539. The highest BCUT2D eigenvalue weighted by molar-refractivity contribution is 7.89. The maximum Gasteiger partial charge on any atom is 0.246 e. The van der Waals surface area contributed by atoms with Crippen molar-refractivity contribution in [3.05, 3.63) is 60.8 Å². The Morgan fingerprint density at radius 2 is 1.91 bits per heavy atom. The highest BCUT2D eigenvalue weighted by Gasteiger charge is 2.28. The summed E-state index contributed by atoms with van der Waals surface area (Å²) in [4.78, 5) is 25.3. The van der Waals surface area contributed by atoms with E-state index < -0.39 is 10.0 Å². The van der Waals surface area contributed by atoms with E-state index in [2.05, 4.69) is 15.3 Å². The number of carbonyl (C=O) groups excluding carboxylic acids is 1. The van der Waals surface area contributed by atoms with Gasteiger partial charge in [-0.3, -0.25) is 4.79 Å². The summed E-state index contributed by atoms with van der Waals surface area (Å²) in [6.45, 7) is 3.45. The van der Waals surface area contributed by atoms with E-state index in [0.29, 0.717) is 37.0 Å². The van der Waals surface area contributed by atoms with Crippen molar-refractivity contribution in [1.29, 1.82) is 0 Å². The molecule has 2 heterocycles. The number of sulfonamides is 1. The van der Waals surface area contributed by atoms with Crippen molar-refractivity contribution in [2.75, 3.05) is 41.4 Å². The first-order valence-corrected chi connectivity index (χ1v) is 11.9. The van der Waals surface area contributed by atoms with Crippen molar-refractivity contribution in [3.63, 3.8) is 0 Å². The Morgan fingerprint density at radius 1 is 1.12 bits per heavy atom. The smallest absolute Gasteiger partial charge is 0.246 e. The van der Waals surface area contributed by atoms with Crippen LogP contribution in [-0.4, -0.2) is 50.5 Å². The van der Waals surface area contributed by atoms with Gasteiger partial charge in [-0.1, -0.05) is 24.3 Å². The van der Waals surface area contributed by atoms with Gasteiger partial charge in [0.05, 0.1) is 24.2 Å². The summed E-state index contributed by atoms with van der Waals surface area (Å²) < 4.78 is 29.0. The molecule has 1 aliphatic heterocycles. The molecule has 2 aromatic carbocycles. The Hall–Kier alpha value is -3.70. The van der Waals surface area contributed by atoms with Gasteiger partial charge >= 0.3 is 0 Å². The maximum atomic E-state index is 12.9. The summed E-state index contributed by atoms with van der Waals surface area (Å²) in [6.07, 6.45) is 1.53. The van der Waals surface area contributed by atoms with Gasteiger partial charge in [-0.05, 0) is 37.3 Å². The van der Waals surface area contributed by atoms with Crippen LogP contribution >= 0.6 is 0 Å². The Bertz CT molecular complexity index is 1250. The number of amides is 1. The number of hydrogen-bond acceptors (Lipinski definition) is 8. The molecule has 3 aromatic rings. The molecule has 1 fully saturated rings. The molecule has 0 aliphatic carbocycles. The minimum atomic E-state index is -3.84. The van der Waals surface area contributed by atoms with Crippen LogP contribution in [0.15, 0.2) is 65.7 Å². The highest BCUT2D eigenvalue weighted by Crippen LogP contribution is 2.29. The lowest BCUT2D eigenvalue weighted by atomic mass is 10.2. The molecule has 0 spiro atoms. The average Bonchev–Trinajstić information content (AvgIpc) is 2.80. The number of aromatic nitrogens is 2. The van der Waals surface area contributed by atoms with Crippen LogP contribution in [-0.2, 0) is 14.8 Å². The Labute approximate surface area is 192 Å². The molecule has 0 saturated carbocycles. The van der Waals surface area contributed by atoms with Gasteiger partial charge in [0.25, 0.3) is 0 Å². The fourth-order valence-electron chi connectivity index (χ4n) is 3.52. The van der Waals surface area contributed by atoms with Gasteiger partial charge in [-0.15, -0.1) is 0 Å². The summed E-state index contributed by atoms with van der Waals surface area (Å²) in [5.41, 5.74) is 1.31. The van der Waals surface area contributed by atoms with Crippen molar-refractivity contribution in [2.45, 2.75) is 11.8 Å². The fraction of sp³-hybridized carbons (Fsp3) is 0.227. The number of rotatable bonds is 7. The first kappa shape index (κ1) is 22.5. The normalized spacial score (nSPS) is 14.3. The van der Waals surface area contributed by atoms with E-state index in [4.69, 9.17) is 9.88 Å². The standard InChI is InChI=1S/C22H24N6O4S/c1-2-32-19-14-24-22(25-16-7-6-10-18(13-16)33(23,30)31)26-21(19)27-11-12-28(20(29)15-27)17-8-4-3-5-9-17/h3-10,13-14H,2,11-12,15H2,1H3,(H2,23,30,31)(H,24,25,26). The largest absolute Gasteiger partial charge is 0.488 e. The molecule has 1 saturated heterocycles. The second-order valence-electron chi connectivity index (χ2n) is 7.31. The number of benzene rings is 2. The van der Waals surface area contributed by atoms with E-state index in [1.54, 1.807) is 17.0 Å². The van der Waals surface area contributed by atoms with Crippen LogP contribution in [0.4, 0.5) is 23.1 Å². The predicted molar refractivity (Wildman–Crippen MR) is 125 cm³/mol.